The predicted octanol–water partition coefficient (Wildman–Crippen LogP) is 1.39. The van der Waals surface area contributed by atoms with Crippen molar-refractivity contribution in [3.63, 3.8) is 0 Å². The minimum absolute atomic E-state index is 0.0243. The molecule has 0 unspecified atom stereocenters. The van der Waals surface area contributed by atoms with Crippen molar-refractivity contribution in [2.24, 2.45) is 11.8 Å². The average molecular weight is 383 g/mol. The topological polar surface area (TPSA) is 87.7 Å². The van der Waals surface area contributed by atoms with Gasteiger partial charge in [0.25, 0.3) is 0 Å². The Labute approximate surface area is 163 Å². The maximum Gasteiger partial charge on any atom is 0.308 e. The summed E-state index contributed by atoms with van der Waals surface area (Å²) in [5, 5.41) is 6.12. The van der Waals surface area contributed by atoms with E-state index in [0.717, 1.165) is 30.6 Å². The van der Waals surface area contributed by atoms with Crippen LogP contribution in [-0.2, 0) is 24.7 Å². The number of para-hydroxylation sites is 1. The zero-order valence-corrected chi connectivity index (χ0v) is 15.9. The van der Waals surface area contributed by atoms with Crippen LogP contribution in [0.3, 0.4) is 0 Å². The fourth-order valence-electron chi connectivity index (χ4n) is 5.78. The molecule has 3 atom stereocenters. The summed E-state index contributed by atoms with van der Waals surface area (Å²) in [6, 6.07) is 7.97. The van der Waals surface area contributed by atoms with Gasteiger partial charge in [0.2, 0.25) is 11.8 Å². The van der Waals surface area contributed by atoms with Crippen molar-refractivity contribution in [2.45, 2.75) is 49.7 Å². The Hall–Kier alpha value is -2.41. The molecule has 4 aliphatic rings. The molecule has 3 fully saturated rings. The number of esters is 1. The lowest BCUT2D eigenvalue weighted by Gasteiger charge is -2.39. The molecule has 2 saturated heterocycles. The number of ether oxygens (including phenoxy) is 1. The molecule has 7 nitrogen and oxygen atoms in total. The third-order valence-corrected chi connectivity index (χ3v) is 7.11. The molecule has 2 amide bonds. The van der Waals surface area contributed by atoms with Gasteiger partial charge >= 0.3 is 5.97 Å². The second kappa shape index (κ2) is 6.30. The largest absolute Gasteiger partial charge is 0.469 e. The number of methoxy groups -OCH3 is 1. The van der Waals surface area contributed by atoms with Crippen molar-refractivity contribution in [1.29, 1.82) is 0 Å². The van der Waals surface area contributed by atoms with Crippen LogP contribution in [0.15, 0.2) is 24.3 Å². The van der Waals surface area contributed by atoms with Crippen LogP contribution in [0.2, 0.25) is 0 Å². The van der Waals surface area contributed by atoms with E-state index in [9.17, 15) is 14.4 Å². The minimum Gasteiger partial charge on any atom is -0.469 e. The lowest BCUT2D eigenvalue weighted by Crippen LogP contribution is -2.56. The maximum atomic E-state index is 13.3. The van der Waals surface area contributed by atoms with Gasteiger partial charge in [0.05, 0.1) is 18.9 Å². The van der Waals surface area contributed by atoms with E-state index >= 15 is 0 Å². The van der Waals surface area contributed by atoms with Gasteiger partial charge in [-0.1, -0.05) is 18.2 Å². The van der Waals surface area contributed by atoms with E-state index in [1.165, 1.54) is 7.11 Å². The van der Waals surface area contributed by atoms with Crippen molar-refractivity contribution < 1.29 is 19.1 Å². The smallest absolute Gasteiger partial charge is 0.308 e. The van der Waals surface area contributed by atoms with Crippen molar-refractivity contribution in [3.05, 3.63) is 29.8 Å². The second-order valence-electron chi connectivity index (χ2n) is 8.44. The molecule has 2 N–H and O–H groups in total. The fraction of sp³-hybridized carbons (Fsp3) is 0.571. The van der Waals surface area contributed by atoms with E-state index in [2.05, 4.69) is 15.5 Å². The molecule has 3 aliphatic heterocycles. The molecule has 0 bridgehead atoms. The highest BCUT2D eigenvalue weighted by Gasteiger charge is 2.65. The lowest BCUT2D eigenvalue weighted by atomic mass is 9.76. The van der Waals surface area contributed by atoms with Gasteiger partial charge in [-0.15, -0.1) is 0 Å². The van der Waals surface area contributed by atoms with Gasteiger partial charge < -0.3 is 15.4 Å². The zero-order valence-electron chi connectivity index (χ0n) is 15.9. The Morgan fingerprint density at radius 1 is 1.25 bits per heavy atom. The van der Waals surface area contributed by atoms with Gasteiger partial charge in [-0.25, -0.2) is 0 Å². The lowest BCUT2D eigenvalue weighted by molar-refractivity contribution is -0.150. The Morgan fingerprint density at radius 3 is 2.82 bits per heavy atom. The third kappa shape index (κ3) is 2.28. The molecule has 28 heavy (non-hydrogen) atoms. The number of nitrogens with zero attached hydrogens (tertiary/aromatic N) is 1. The number of carbonyl (C=O) groups is 3. The Balaban J connectivity index is 1.42. The molecule has 1 aromatic carbocycles. The number of rotatable bonds is 3. The highest BCUT2D eigenvalue weighted by atomic mass is 16.5. The van der Waals surface area contributed by atoms with Crippen LogP contribution < -0.4 is 10.6 Å². The SMILES string of the molecule is COC(=O)C1CC(NC(=O)[C@@H]2C[C@H]3CCCN3[C@]23C(=O)Nc2ccccc23)C1. The monoisotopic (exact) mass is 383 g/mol. The maximum absolute atomic E-state index is 13.3. The summed E-state index contributed by atoms with van der Waals surface area (Å²) in [5.74, 6) is -0.924. The molecular formula is C21H25N3O4. The first-order valence-corrected chi connectivity index (χ1v) is 10.1. The predicted molar refractivity (Wildman–Crippen MR) is 101 cm³/mol. The van der Waals surface area contributed by atoms with E-state index < -0.39 is 11.5 Å². The number of anilines is 1. The van der Waals surface area contributed by atoms with Crippen LogP contribution in [0.5, 0.6) is 0 Å². The second-order valence-corrected chi connectivity index (χ2v) is 8.44. The Bertz CT molecular complexity index is 850. The van der Waals surface area contributed by atoms with Crippen LogP contribution in [0.4, 0.5) is 5.69 Å². The molecule has 0 aromatic heterocycles. The van der Waals surface area contributed by atoms with Crippen LogP contribution >= 0.6 is 0 Å². The first-order chi connectivity index (χ1) is 13.6. The highest BCUT2D eigenvalue weighted by molar-refractivity contribution is 6.09. The van der Waals surface area contributed by atoms with E-state index in [4.69, 9.17) is 4.74 Å². The number of benzene rings is 1. The van der Waals surface area contributed by atoms with Crippen molar-refractivity contribution in [1.82, 2.24) is 10.2 Å². The zero-order chi connectivity index (χ0) is 19.5. The fourth-order valence-corrected chi connectivity index (χ4v) is 5.78. The first-order valence-electron chi connectivity index (χ1n) is 10.1. The molecular weight excluding hydrogens is 358 g/mol. The summed E-state index contributed by atoms with van der Waals surface area (Å²) >= 11 is 0. The van der Waals surface area contributed by atoms with E-state index in [0.29, 0.717) is 19.3 Å². The number of nitrogens with one attached hydrogen (secondary N) is 2. The molecule has 1 spiro atoms. The number of hydrogen-bond acceptors (Lipinski definition) is 5. The molecule has 1 aliphatic carbocycles. The number of amides is 2. The Morgan fingerprint density at radius 2 is 2.04 bits per heavy atom. The average Bonchev–Trinajstić information content (AvgIpc) is 3.31. The standard InChI is InChI=1S/C21H25N3O4/c1-28-19(26)12-9-13(10-12)22-18(25)16-11-14-5-4-8-24(14)21(16)15-6-2-3-7-17(15)23-20(21)27/h2-3,6-7,12-14,16H,4-5,8-11H2,1H3,(H,22,25)(H,23,27)/t12?,13?,14-,16+,21+/m1/s1. The summed E-state index contributed by atoms with van der Waals surface area (Å²) < 4.78 is 4.78. The van der Waals surface area contributed by atoms with E-state index in [1.54, 1.807) is 0 Å². The van der Waals surface area contributed by atoms with Crippen molar-refractivity contribution in [2.75, 3.05) is 19.0 Å². The van der Waals surface area contributed by atoms with E-state index in [1.807, 2.05) is 24.3 Å². The van der Waals surface area contributed by atoms with E-state index in [-0.39, 0.29) is 35.8 Å². The number of carbonyl (C=O) groups excluding carboxylic acids is 3. The van der Waals surface area contributed by atoms with Crippen LogP contribution in [0, 0.1) is 11.8 Å². The quantitative estimate of drug-likeness (QED) is 0.770. The van der Waals surface area contributed by atoms with Gasteiger partial charge in [-0.05, 0) is 44.7 Å². The molecule has 3 heterocycles. The number of fused-ring (bicyclic) bond motifs is 4. The van der Waals surface area contributed by atoms with Gasteiger partial charge in [0.15, 0.2) is 0 Å². The summed E-state index contributed by atoms with van der Waals surface area (Å²) in [6.45, 7) is 0.837. The number of hydrogen-bond donors (Lipinski definition) is 2. The molecule has 0 radical (unpaired) electrons. The third-order valence-electron chi connectivity index (χ3n) is 7.11. The van der Waals surface area contributed by atoms with Gasteiger partial charge in [0, 0.05) is 23.3 Å². The Kier molecular flexibility index (Phi) is 3.98. The normalized spacial score (nSPS) is 35.8. The van der Waals surface area contributed by atoms with Gasteiger partial charge in [0.1, 0.15) is 5.54 Å². The molecule has 148 valence electrons. The highest BCUT2D eigenvalue weighted by Crippen LogP contribution is 2.55. The summed E-state index contributed by atoms with van der Waals surface area (Å²) in [6.07, 6.45) is 3.98. The van der Waals surface area contributed by atoms with Gasteiger partial charge in [-0.2, -0.15) is 0 Å². The molecule has 1 aromatic rings. The van der Waals surface area contributed by atoms with Crippen molar-refractivity contribution >= 4 is 23.5 Å². The van der Waals surface area contributed by atoms with Crippen molar-refractivity contribution in [3.8, 4) is 0 Å². The summed E-state index contributed by atoms with van der Waals surface area (Å²) in [4.78, 5) is 40.4. The van der Waals surface area contributed by atoms with Crippen LogP contribution in [-0.4, -0.2) is 48.4 Å². The van der Waals surface area contributed by atoms with Gasteiger partial charge in [-0.3, -0.25) is 19.3 Å². The van der Waals surface area contributed by atoms with Crippen LogP contribution in [0.1, 0.15) is 37.7 Å². The molecule has 7 heteroatoms. The molecule has 1 saturated carbocycles. The summed E-state index contributed by atoms with van der Waals surface area (Å²) in [7, 11) is 1.39. The molecule has 5 rings (SSSR count). The first kappa shape index (κ1) is 17.7. The summed E-state index contributed by atoms with van der Waals surface area (Å²) in [5.41, 5.74) is 0.825. The minimum atomic E-state index is -0.909. The van der Waals surface area contributed by atoms with Crippen LogP contribution in [0.25, 0.3) is 0 Å².